The van der Waals surface area contributed by atoms with E-state index in [-0.39, 0.29) is 0 Å². The third kappa shape index (κ3) is 2.07. The summed E-state index contributed by atoms with van der Waals surface area (Å²) in [5.41, 5.74) is 5.94. The molecule has 2 N–H and O–H groups in total. The van der Waals surface area contributed by atoms with E-state index in [1.54, 1.807) is 11.3 Å². The van der Waals surface area contributed by atoms with Crippen LogP contribution in [0.5, 0.6) is 0 Å². The monoisotopic (exact) mass is 197 g/mol. The molecule has 3 nitrogen and oxygen atoms in total. The number of likely N-dealkylation sites (tertiary alicyclic amines) is 1. The van der Waals surface area contributed by atoms with Gasteiger partial charge in [0.2, 0.25) is 0 Å². The summed E-state index contributed by atoms with van der Waals surface area (Å²) in [4.78, 5) is 6.65. The molecule has 1 fully saturated rings. The van der Waals surface area contributed by atoms with E-state index in [1.165, 1.54) is 5.01 Å². The van der Waals surface area contributed by atoms with Crippen LogP contribution in [0.1, 0.15) is 11.9 Å². The van der Waals surface area contributed by atoms with Crippen LogP contribution in [0.4, 0.5) is 0 Å². The molecule has 0 bridgehead atoms. The minimum Gasteiger partial charge on any atom is -0.326 e. The van der Waals surface area contributed by atoms with Crippen LogP contribution in [-0.2, 0) is 6.54 Å². The Labute approximate surface area is 82.6 Å². The molecule has 2 atom stereocenters. The summed E-state index contributed by atoms with van der Waals surface area (Å²) in [6.07, 6.45) is 1.86. The highest BCUT2D eigenvalue weighted by atomic mass is 32.1. The molecular formula is C9H15N3S. The van der Waals surface area contributed by atoms with Crippen molar-refractivity contribution >= 4 is 11.3 Å². The van der Waals surface area contributed by atoms with Crippen molar-refractivity contribution in [3.05, 3.63) is 16.6 Å². The van der Waals surface area contributed by atoms with Crippen LogP contribution in [0.15, 0.2) is 11.6 Å². The Morgan fingerprint density at radius 3 is 3.08 bits per heavy atom. The molecule has 72 valence electrons. The maximum absolute atomic E-state index is 5.94. The van der Waals surface area contributed by atoms with Gasteiger partial charge in [-0.2, -0.15) is 0 Å². The SMILES string of the molecule is CC1CN(Cc2nccs2)CC1N. The van der Waals surface area contributed by atoms with E-state index < -0.39 is 0 Å². The standard InChI is InChI=1S/C9H15N3S/c1-7-4-12(5-8(7)10)6-9-11-2-3-13-9/h2-3,7-8H,4-6,10H2,1H3. The third-order valence-electron chi connectivity index (χ3n) is 2.59. The van der Waals surface area contributed by atoms with E-state index in [0.29, 0.717) is 12.0 Å². The molecule has 1 saturated heterocycles. The second kappa shape index (κ2) is 3.74. The van der Waals surface area contributed by atoms with Gasteiger partial charge in [0.05, 0.1) is 6.54 Å². The minimum absolute atomic E-state index is 0.347. The lowest BCUT2D eigenvalue weighted by molar-refractivity contribution is 0.318. The van der Waals surface area contributed by atoms with Crippen LogP contribution in [0.25, 0.3) is 0 Å². The van der Waals surface area contributed by atoms with Crippen LogP contribution in [0, 0.1) is 5.92 Å². The summed E-state index contributed by atoms with van der Waals surface area (Å²) in [6, 6.07) is 0.347. The fraction of sp³-hybridized carbons (Fsp3) is 0.667. The van der Waals surface area contributed by atoms with Gasteiger partial charge in [0.25, 0.3) is 0 Å². The van der Waals surface area contributed by atoms with Crippen LogP contribution in [-0.4, -0.2) is 29.0 Å². The quantitative estimate of drug-likeness (QED) is 0.766. The molecule has 2 rings (SSSR count). The zero-order chi connectivity index (χ0) is 9.26. The number of hydrogen-bond acceptors (Lipinski definition) is 4. The lowest BCUT2D eigenvalue weighted by Crippen LogP contribution is -2.28. The fourth-order valence-electron chi connectivity index (χ4n) is 1.75. The average molecular weight is 197 g/mol. The van der Waals surface area contributed by atoms with E-state index in [9.17, 15) is 0 Å². The summed E-state index contributed by atoms with van der Waals surface area (Å²) >= 11 is 1.72. The van der Waals surface area contributed by atoms with Crippen molar-refractivity contribution in [3.8, 4) is 0 Å². The van der Waals surface area contributed by atoms with Gasteiger partial charge < -0.3 is 5.73 Å². The first-order valence-corrected chi connectivity index (χ1v) is 5.50. The zero-order valence-electron chi connectivity index (χ0n) is 7.81. The Kier molecular flexibility index (Phi) is 2.62. The van der Waals surface area contributed by atoms with Gasteiger partial charge in [-0.05, 0) is 5.92 Å². The summed E-state index contributed by atoms with van der Waals surface area (Å²) in [6.45, 7) is 5.31. The third-order valence-corrected chi connectivity index (χ3v) is 3.35. The minimum atomic E-state index is 0.347. The predicted molar refractivity (Wildman–Crippen MR) is 54.5 cm³/mol. The molecule has 2 unspecified atom stereocenters. The van der Waals surface area contributed by atoms with Gasteiger partial charge in [-0.3, -0.25) is 4.90 Å². The molecular weight excluding hydrogens is 182 g/mol. The van der Waals surface area contributed by atoms with E-state index >= 15 is 0 Å². The summed E-state index contributed by atoms with van der Waals surface area (Å²) < 4.78 is 0. The molecule has 1 aromatic rings. The highest BCUT2D eigenvalue weighted by Gasteiger charge is 2.26. The van der Waals surface area contributed by atoms with E-state index in [2.05, 4.69) is 16.8 Å². The van der Waals surface area contributed by atoms with E-state index in [4.69, 9.17) is 5.73 Å². The molecule has 0 radical (unpaired) electrons. The molecule has 0 aromatic carbocycles. The summed E-state index contributed by atoms with van der Waals surface area (Å²) in [5.74, 6) is 0.625. The van der Waals surface area contributed by atoms with Crippen molar-refractivity contribution in [2.24, 2.45) is 11.7 Å². The fourth-order valence-corrected chi connectivity index (χ4v) is 2.40. The molecule has 1 aromatic heterocycles. The second-order valence-electron chi connectivity index (χ2n) is 3.76. The highest BCUT2D eigenvalue weighted by molar-refractivity contribution is 7.09. The summed E-state index contributed by atoms with van der Waals surface area (Å²) in [5, 5.41) is 3.22. The molecule has 1 aliphatic rings. The molecule has 2 heterocycles. The normalized spacial score (nSPS) is 29.7. The molecule has 4 heteroatoms. The lowest BCUT2D eigenvalue weighted by atomic mass is 10.1. The van der Waals surface area contributed by atoms with Crippen molar-refractivity contribution in [2.45, 2.75) is 19.5 Å². The van der Waals surface area contributed by atoms with Gasteiger partial charge in [0.1, 0.15) is 5.01 Å². The second-order valence-corrected chi connectivity index (χ2v) is 4.74. The van der Waals surface area contributed by atoms with Crippen molar-refractivity contribution in [2.75, 3.05) is 13.1 Å². The van der Waals surface area contributed by atoms with Gasteiger partial charge in [-0.1, -0.05) is 6.92 Å². The van der Waals surface area contributed by atoms with Gasteiger partial charge in [-0.15, -0.1) is 11.3 Å². The highest BCUT2D eigenvalue weighted by Crippen LogP contribution is 2.17. The van der Waals surface area contributed by atoms with Crippen molar-refractivity contribution < 1.29 is 0 Å². The summed E-state index contributed by atoms with van der Waals surface area (Å²) in [7, 11) is 0. The Bertz CT molecular complexity index is 250. The first-order chi connectivity index (χ1) is 6.25. The van der Waals surface area contributed by atoms with Crippen LogP contribution < -0.4 is 5.73 Å². The van der Waals surface area contributed by atoms with Crippen LogP contribution in [0.2, 0.25) is 0 Å². The van der Waals surface area contributed by atoms with Gasteiger partial charge in [-0.25, -0.2) is 4.98 Å². The first-order valence-electron chi connectivity index (χ1n) is 4.62. The average Bonchev–Trinajstić information content (AvgIpc) is 2.64. The number of nitrogens with zero attached hydrogens (tertiary/aromatic N) is 2. The molecule has 0 aliphatic carbocycles. The van der Waals surface area contributed by atoms with Gasteiger partial charge in [0.15, 0.2) is 0 Å². The molecule has 1 aliphatic heterocycles. The molecule has 13 heavy (non-hydrogen) atoms. The van der Waals surface area contributed by atoms with E-state index in [1.807, 2.05) is 11.6 Å². The Hall–Kier alpha value is -0.450. The smallest absolute Gasteiger partial charge is 0.107 e. The Balaban J connectivity index is 1.91. The number of thiazole rings is 1. The largest absolute Gasteiger partial charge is 0.326 e. The maximum Gasteiger partial charge on any atom is 0.107 e. The molecule has 0 spiro atoms. The Morgan fingerprint density at radius 2 is 2.54 bits per heavy atom. The van der Waals surface area contributed by atoms with Crippen molar-refractivity contribution in [1.29, 1.82) is 0 Å². The van der Waals surface area contributed by atoms with Crippen LogP contribution >= 0.6 is 11.3 Å². The predicted octanol–water partition coefficient (Wildman–Crippen LogP) is 0.922. The zero-order valence-corrected chi connectivity index (χ0v) is 8.63. The molecule has 0 amide bonds. The lowest BCUT2D eigenvalue weighted by Gasteiger charge is -2.12. The number of nitrogens with two attached hydrogens (primary N) is 1. The van der Waals surface area contributed by atoms with Gasteiger partial charge in [0, 0.05) is 30.7 Å². The van der Waals surface area contributed by atoms with E-state index in [0.717, 1.165) is 19.6 Å². The van der Waals surface area contributed by atoms with Crippen LogP contribution in [0.3, 0.4) is 0 Å². The van der Waals surface area contributed by atoms with Gasteiger partial charge >= 0.3 is 0 Å². The molecule has 0 saturated carbocycles. The maximum atomic E-state index is 5.94. The number of hydrogen-bond donors (Lipinski definition) is 1. The Morgan fingerprint density at radius 1 is 1.69 bits per heavy atom. The van der Waals surface area contributed by atoms with Crippen molar-refractivity contribution in [3.63, 3.8) is 0 Å². The first kappa shape index (κ1) is 9.12. The topological polar surface area (TPSA) is 42.2 Å². The number of rotatable bonds is 2. The van der Waals surface area contributed by atoms with Crippen molar-refractivity contribution in [1.82, 2.24) is 9.88 Å². The number of aromatic nitrogens is 1.